The van der Waals surface area contributed by atoms with Crippen LogP contribution in [-0.2, 0) is 4.79 Å². The minimum absolute atomic E-state index is 0.00295. The van der Waals surface area contributed by atoms with E-state index in [0.717, 1.165) is 16.9 Å². The van der Waals surface area contributed by atoms with Crippen molar-refractivity contribution < 1.29 is 14.3 Å². The number of carbonyl (C=O) groups is 1. The fourth-order valence-corrected chi connectivity index (χ4v) is 2.78. The van der Waals surface area contributed by atoms with Crippen molar-refractivity contribution in [3.8, 4) is 11.5 Å². The third-order valence-corrected chi connectivity index (χ3v) is 4.30. The van der Waals surface area contributed by atoms with Crippen LogP contribution >= 0.6 is 11.6 Å². The standard InChI is InChI=1S/C22H22ClNO3/c23-19-8-11-20(12-9-19)26-14-3-6-22(25)24-13-15-27-21-10-7-17-4-1-2-5-18(17)16-21/h1-2,4-5,7-12,16H,3,6,13-15H2,(H,24,25). The maximum absolute atomic E-state index is 11.8. The van der Waals surface area contributed by atoms with E-state index >= 15 is 0 Å². The molecule has 0 atom stereocenters. The second-order valence-corrected chi connectivity index (χ2v) is 6.55. The smallest absolute Gasteiger partial charge is 0.220 e. The molecule has 0 heterocycles. The van der Waals surface area contributed by atoms with Gasteiger partial charge in [-0.25, -0.2) is 0 Å². The average molecular weight is 384 g/mol. The number of ether oxygens (including phenoxy) is 2. The van der Waals surface area contributed by atoms with Gasteiger partial charge in [-0.1, -0.05) is 41.9 Å². The van der Waals surface area contributed by atoms with Crippen LogP contribution in [-0.4, -0.2) is 25.7 Å². The van der Waals surface area contributed by atoms with Gasteiger partial charge in [-0.05, 0) is 53.6 Å². The van der Waals surface area contributed by atoms with E-state index in [1.165, 1.54) is 5.39 Å². The van der Waals surface area contributed by atoms with Crippen LogP contribution in [0.15, 0.2) is 66.7 Å². The topological polar surface area (TPSA) is 47.6 Å². The first-order valence-electron chi connectivity index (χ1n) is 8.97. The Morgan fingerprint density at radius 2 is 1.56 bits per heavy atom. The lowest BCUT2D eigenvalue weighted by Gasteiger charge is -2.09. The third kappa shape index (κ3) is 6.19. The molecular weight excluding hydrogens is 362 g/mol. The summed E-state index contributed by atoms with van der Waals surface area (Å²) in [5.41, 5.74) is 0. The van der Waals surface area contributed by atoms with Gasteiger partial charge in [-0.2, -0.15) is 0 Å². The number of hydrogen-bond donors (Lipinski definition) is 1. The van der Waals surface area contributed by atoms with E-state index < -0.39 is 0 Å². The van der Waals surface area contributed by atoms with Crippen LogP contribution in [0.1, 0.15) is 12.8 Å². The van der Waals surface area contributed by atoms with Crippen molar-refractivity contribution in [2.45, 2.75) is 12.8 Å². The molecule has 140 valence electrons. The Balaban J connectivity index is 1.29. The fourth-order valence-electron chi connectivity index (χ4n) is 2.66. The third-order valence-electron chi connectivity index (χ3n) is 4.04. The van der Waals surface area contributed by atoms with E-state index in [4.69, 9.17) is 21.1 Å². The van der Waals surface area contributed by atoms with Crippen LogP contribution in [0.25, 0.3) is 10.8 Å². The number of halogens is 1. The van der Waals surface area contributed by atoms with Crippen LogP contribution in [0.3, 0.4) is 0 Å². The van der Waals surface area contributed by atoms with E-state index in [1.54, 1.807) is 12.1 Å². The van der Waals surface area contributed by atoms with Gasteiger partial charge in [0.2, 0.25) is 5.91 Å². The predicted molar refractivity (Wildman–Crippen MR) is 109 cm³/mol. The van der Waals surface area contributed by atoms with Gasteiger partial charge in [0.25, 0.3) is 0 Å². The minimum atomic E-state index is -0.00295. The Bertz CT molecular complexity index is 880. The first-order valence-corrected chi connectivity index (χ1v) is 9.35. The molecule has 0 spiro atoms. The molecule has 0 unspecified atom stereocenters. The molecule has 4 nitrogen and oxygen atoms in total. The average Bonchev–Trinajstić information content (AvgIpc) is 2.70. The SMILES string of the molecule is O=C(CCCOc1ccc(Cl)cc1)NCCOc1ccc2ccccc2c1. The molecule has 3 aromatic rings. The number of hydrogen-bond acceptors (Lipinski definition) is 3. The fraction of sp³-hybridized carbons (Fsp3) is 0.227. The summed E-state index contributed by atoms with van der Waals surface area (Å²) in [6.45, 7) is 1.40. The summed E-state index contributed by atoms with van der Waals surface area (Å²) in [5, 5.41) is 5.85. The van der Waals surface area contributed by atoms with Crippen molar-refractivity contribution in [1.29, 1.82) is 0 Å². The molecule has 3 aromatic carbocycles. The number of nitrogens with one attached hydrogen (secondary N) is 1. The first-order chi connectivity index (χ1) is 13.2. The Morgan fingerprint density at radius 3 is 2.37 bits per heavy atom. The summed E-state index contributed by atoms with van der Waals surface area (Å²) in [5.74, 6) is 1.56. The highest BCUT2D eigenvalue weighted by Gasteiger charge is 2.02. The Labute approximate surface area is 164 Å². The molecule has 0 bridgehead atoms. The zero-order valence-electron chi connectivity index (χ0n) is 15.0. The Hall–Kier alpha value is -2.72. The van der Waals surface area contributed by atoms with E-state index in [-0.39, 0.29) is 5.91 Å². The number of rotatable bonds is 9. The summed E-state index contributed by atoms with van der Waals surface area (Å²) < 4.78 is 11.3. The van der Waals surface area contributed by atoms with Gasteiger partial charge in [0.15, 0.2) is 0 Å². The van der Waals surface area contributed by atoms with Crippen LogP contribution in [0.4, 0.5) is 0 Å². The van der Waals surface area contributed by atoms with Gasteiger partial charge in [0, 0.05) is 11.4 Å². The van der Waals surface area contributed by atoms with Crippen LogP contribution in [0.5, 0.6) is 11.5 Å². The van der Waals surface area contributed by atoms with Gasteiger partial charge in [0.05, 0.1) is 13.2 Å². The first kappa shape index (κ1) is 19.1. The summed E-state index contributed by atoms with van der Waals surface area (Å²) in [4.78, 5) is 11.8. The van der Waals surface area contributed by atoms with Gasteiger partial charge in [-0.3, -0.25) is 4.79 Å². The number of amides is 1. The van der Waals surface area contributed by atoms with Crippen molar-refractivity contribution in [3.05, 3.63) is 71.8 Å². The Kier molecular flexibility index (Phi) is 6.94. The molecule has 0 aliphatic carbocycles. The lowest BCUT2D eigenvalue weighted by Crippen LogP contribution is -2.28. The highest BCUT2D eigenvalue weighted by atomic mass is 35.5. The summed E-state index contributed by atoms with van der Waals surface area (Å²) in [7, 11) is 0. The van der Waals surface area contributed by atoms with Gasteiger partial charge in [-0.15, -0.1) is 0 Å². The molecule has 0 aliphatic rings. The maximum Gasteiger partial charge on any atom is 0.220 e. The second kappa shape index (κ2) is 9.83. The Morgan fingerprint density at radius 1 is 0.852 bits per heavy atom. The van der Waals surface area contributed by atoms with Gasteiger partial charge >= 0.3 is 0 Å². The van der Waals surface area contributed by atoms with Crippen molar-refractivity contribution in [2.24, 2.45) is 0 Å². The molecule has 1 N–H and O–H groups in total. The monoisotopic (exact) mass is 383 g/mol. The largest absolute Gasteiger partial charge is 0.494 e. The molecule has 0 saturated heterocycles. The second-order valence-electron chi connectivity index (χ2n) is 6.11. The van der Waals surface area contributed by atoms with Crippen molar-refractivity contribution >= 4 is 28.3 Å². The lowest BCUT2D eigenvalue weighted by atomic mass is 10.1. The zero-order valence-corrected chi connectivity index (χ0v) is 15.7. The van der Waals surface area contributed by atoms with Crippen LogP contribution in [0.2, 0.25) is 5.02 Å². The highest BCUT2D eigenvalue weighted by molar-refractivity contribution is 6.30. The van der Waals surface area contributed by atoms with E-state index in [2.05, 4.69) is 17.4 Å². The normalized spacial score (nSPS) is 10.6. The van der Waals surface area contributed by atoms with Gasteiger partial charge < -0.3 is 14.8 Å². The molecule has 0 aliphatic heterocycles. The van der Waals surface area contributed by atoms with Crippen molar-refractivity contribution in [2.75, 3.05) is 19.8 Å². The van der Waals surface area contributed by atoms with Gasteiger partial charge in [0.1, 0.15) is 18.1 Å². The van der Waals surface area contributed by atoms with Crippen LogP contribution in [0, 0.1) is 0 Å². The molecule has 0 radical (unpaired) electrons. The highest BCUT2D eigenvalue weighted by Crippen LogP contribution is 2.20. The molecular formula is C22H22ClNO3. The van der Waals surface area contributed by atoms with E-state index in [9.17, 15) is 4.79 Å². The number of fused-ring (bicyclic) bond motifs is 1. The van der Waals surface area contributed by atoms with Crippen molar-refractivity contribution in [3.63, 3.8) is 0 Å². The molecule has 1 amide bonds. The molecule has 5 heteroatoms. The summed E-state index contributed by atoms with van der Waals surface area (Å²) in [6, 6.07) is 21.3. The minimum Gasteiger partial charge on any atom is -0.494 e. The quantitative estimate of drug-likeness (QED) is 0.537. The maximum atomic E-state index is 11.8. The molecule has 0 fully saturated rings. The molecule has 3 rings (SSSR count). The summed E-state index contributed by atoms with van der Waals surface area (Å²) in [6.07, 6.45) is 1.07. The lowest BCUT2D eigenvalue weighted by molar-refractivity contribution is -0.121. The molecule has 0 saturated carbocycles. The van der Waals surface area contributed by atoms with E-state index in [0.29, 0.717) is 37.6 Å². The number of carbonyl (C=O) groups excluding carboxylic acids is 1. The van der Waals surface area contributed by atoms with Crippen LogP contribution < -0.4 is 14.8 Å². The zero-order chi connectivity index (χ0) is 18.9. The number of benzene rings is 3. The van der Waals surface area contributed by atoms with E-state index in [1.807, 2.05) is 42.5 Å². The summed E-state index contributed by atoms with van der Waals surface area (Å²) >= 11 is 5.82. The molecule has 0 aromatic heterocycles. The molecule has 27 heavy (non-hydrogen) atoms. The van der Waals surface area contributed by atoms with Crippen molar-refractivity contribution in [1.82, 2.24) is 5.32 Å². The predicted octanol–water partition coefficient (Wildman–Crippen LogP) is 4.85.